The smallest absolute Gasteiger partial charge is 0.324 e. The molecule has 1 N–H and O–H groups in total. The predicted molar refractivity (Wildman–Crippen MR) is 70.9 cm³/mol. The maximum Gasteiger partial charge on any atom is 0.389 e. The zero-order valence-electron chi connectivity index (χ0n) is 10.9. The molecule has 0 aliphatic carbocycles. The van der Waals surface area contributed by atoms with Gasteiger partial charge in [0, 0.05) is 24.0 Å². The number of halogens is 3. The third-order valence-electron chi connectivity index (χ3n) is 2.68. The quantitative estimate of drug-likeness (QED) is 0.919. The Morgan fingerprint density at radius 2 is 2.00 bits per heavy atom. The molecule has 0 radical (unpaired) electrons. The van der Waals surface area contributed by atoms with Gasteiger partial charge in [0.25, 0.3) is 0 Å². The second-order valence-electron chi connectivity index (χ2n) is 4.46. The second kappa shape index (κ2) is 5.90. The van der Waals surface area contributed by atoms with E-state index in [-0.39, 0.29) is 6.42 Å². The highest BCUT2D eigenvalue weighted by molar-refractivity contribution is 5.54. The van der Waals surface area contributed by atoms with Crippen molar-refractivity contribution in [3.63, 3.8) is 0 Å². The van der Waals surface area contributed by atoms with Crippen LogP contribution in [-0.2, 0) is 6.42 Å². The highest BCUT2D eigenvalue weighted by Gasteiger charge is 2.26. The minimum Gasteiger partial charge on any atom is -0.324 e. The molecule has 1 aromatic heterocycles. The van der Waals surface area contributed by atoms with Gasteiger partial charge in [0.05, 0.1) is 0 Å². The first-order chi connectivity index (χ1) is 9.42. The molecule has 0 atom stereocenters. The van der Waals surface area contributed by atoms with Gasteiger partial charge in [0.2, 0.25) is 5.95 Å². The summed E-state index contributed by atoms with van der Waals surface area (Å²) in [5.74, 6) is 0.429. The van der Waals surface area contributed by atoms with Gasteiger partial charge in [-0.2, -0.15) is 13.2 Å². The Balaban J connectivity index is 2.06. The summed E-state index contributed by atoms with van der Waals surface area (Å²) < 4.78 is 36.6. The van der Waals surface area contributed by atoms with E-state index in [2.05, 4.69) is 15.3 Å². The topological polar surface area (TPSA) is 37.8 Å². The number of hydrogen-bond acceptors (Lipinski definition) is 3. The highest BCUT2D eigenvalue weighted by Crippen LogP contribution is 2.23. The maximum atomic E-state index is 12.2. The molecule has 2 aromatic rings. The Hall–Kier alpha value is -2.11. The average molecular weight is 281 g/mol. The van der Waals surface area contributed by atoms with Gasteiger partial charge in [0.1, 0.15) is 0 Å². The van der Waals surface area contributed by atoms with Crippen LogP contribution in [0.4, 0.5) is 24.8 Å². The van der Waals surface area contributed by atoms with Gasteiger partial charge in [-0.25, -0.2) is 9.97 Å². The lowest BCUT2D eigenvalue weighted by molar-refractivity contribution is -0.133. The number of nitrogens with zero attached hydrogens (tertiary/aromatic N) is 2. The summed E-state index contributed by atoms with van der Waals surface area (Å²) in [6, 6.07) is 8.60. The molecule has 0 unspecified atom stereocenters. The molecule has 0 saturated heterocycles. The van der Waals surface area contributed by atoms with Crippen molar-refractivity contribution in [1.29, 1.82) is 0 Å². The Kier molecular flexibility index (Phi) is 4.22. The Morgan fingerprint density at radius 1 is 1.20 bits per heavy atom. The summed E-state index contributed by atoms with van der Waals surface area (Å²) in [6.45, 7) is 1.84. The molecule has 0 fully saturated rings. The molecule has 106 valence electrons. The van der Waals surface area contributed by atoms with Gasteiger partial charge < -0.3 is 5.32 Å². The van der Waals surface area contributed by atoms with Crippen LogP contribution in [-0.4, -0.2) is 16.1 Å². The number of aromatic nitrogens is 2. The molecular weight excluding hydrogens is 267 g/mol. The number of nitrogens with one attached hydrogen (secondary N) is 1. The lowest BCUT2D eigenvalue weighted by Gasteiger charge is -2.09. The molecule has 0 aliphatic rings. The Morgan fingerprint density at radius 3 is 2.70 bits per heavy atom. The summed E-state index contributed by atoms with van der Waals surface area (Å²) >= 11 is 0. The average Bonchev–Trinajstić information content (AvgIpc) is 2.36. The molecular formula is C14H14F3N3. The van der Waals surface area contributed by atoms with E-state index in [0.29, 0.717) is 17.2 Å². The van der Waals surface area contributed by atoms with Crippen molar-refractivity contribution in [3.05, 3.63) is 47.8 Å². The van der Waals surface area contributed by atoms with Gasteiger partial charge in [-0.05, 0) is 37.1 Å². The second-order valence-corrected chi connectivity index (χ2v) is 4.46. The van der Waals surface area contributed by atoms with Crippen molar-refractivity contribution in [1.82, 2.24) is 9.97 Å². The number of rotatable bonds is 4. The van der Waals surface area contributed by atoms with Crippen molar-refractivity contribution in [2.75, 3.05) is 5.32 Å². The van der Waals surface area contributed by atoms with Crippen LogP contribution in [0.5, 0.6) is 0 Å². The van der Waals surface area contributed by atoms with Crippen molar-refractivity contribution >= 4 is 11.6 Å². The number of aryl methyl sites for hydroxylation is 2. The molecule has 20 heavy (non-hydrogen) atoms. The predicted octanol–water partition coefficient (Wildman–Crippen LogP) is 4.02. The van der Waals surface area contributed by atoms with E-state index in [4.69, 9.17) is 0 Å². The first-order valence-corrected chi connectivity index (χ1v) is 6.15. The zero-order chi connectivity index (χ0) is 14.6. The molecule has 6 heteroatoms. The van der Waals surface area contributed by atoms with Crippen LogP contribution in [0.2, 0.25) is 0 Å². The molecule has 1 heterocycles. The molecule has 0 spiro atoms. The van der Waals surface area contributed by atoms with E-state index in [1.807, 2.05) is 6.92 Å². The van der Waals surface area contributed by atoms with E-state index in [0.717, 1.165) is 5.69 Å². The lowest BCUT2D eigenvalue weighted by Crippen LogP contribution is -2.08. The SMILES string of the molecule is Cc1ccnc(Nc2cccc(CCC(F)(F)F)c2)n1. The fraction of sp³-hybridized carbons (Fsp3) is 0.286. The van der Waals surface area contributed by atoms with E-state index in [1.54, 1.807) is 36.5 Å². The third-order valence-corrected chi connectivity index (χ3v) is 2.68. The van der Waals surface area contributed by atoms with Crippen LogP contribution in [0.15, 0.2) is 36.5 Å². The van der Waals surface area contributed by atoms with Crippen molar-refractivity contribution < 1.29 is 13.2 Å². The molecule has 3 nitrogen and oxygen atoms in total. The molecule has 0 aliphatic heterocycles. The van der Waals surface area contributed by atoms with Gasteiger partial charge in [-0.1, -0.05) is 12.1 Å². The lowest BCUT2D eigenvalue weighted by atomic mass is 10.1. The monoisotopic (exact) mass is 281 g/mol. The number of anilines is 2. The van der Waals surface area contributed by atoms with Crippen molar-refractivity contribution in [2.45, 2.75) is 25.9 Å². The minimum absolute atomic E-state index is 0.0340. The van der Waals surface area contributed by atoms with E-state index in [1.165, 1.54) is 0 Å². The normalized spacial score (nSPS) is 11.4. The Bertz CT molecular complexity index is 582. The van der Waals surface area contributed by atoms with Crippen LogP contribution in [0.1, 0.15) is 17.7 Å². The number of benzene rings is 1. The fourth-order valence-electron chi connectivity index (χ4n) is 1.73. The van der Waals surface area contributed by atoms with Gasteiger partial charge in [0.15, 0.2) is 0 Å². The number of hydrogen-bond donors (Lipinski definition) is 1. The van der Waals surface area contributed by atoms with Crippen LogP contribution >= 0.6 is 0 Å². The van der Waals surface area contributed by atoms with Gasteiger partial charge in [-0.3, -0.25) is 0 Å². The Labute approximate surface area is 114 Å². The first kappa shape index (κ1) is 14.3. The summed E-state index contributed by atoms with van der Waals surface area (Å²) in [4.78, 5) is 8.23. The van der Waals surface area contributed by atoms with E-state index in [9.17, 15) is 13.2 Å². The van der Waals surface area contributed by atoms with Crippen LogP contribution in [0.3, 0.4) is 0 Å². The standard InChI is InChI=1S/C14H14F3N3/c1-10-6-8-18-13(19-10)20-12-4-2-3-11(9-12)5-7-14(15,16)17/h2-4,6,8-9H,5,7H2,1H3,(H,18,19,20). The molecule has 2 rings (SSSR count). The number of alkyl halides is 3. The molecule has 0 amide bonds. The maximum absolute atomic E-state index is 12.2. The van der Waals surface area contributed by atoms with E-state index < -0.39 is 12.6 Å². The van der Waals surface area contributed by atoms with Crippen molar-refractivity contribution in [2.24, 2.45) is 0 Å². The fourth-order valence-corrected chi connectivity index (χ4v) is 1.73. The first-order valence-electron chi connectivity index (χ1n) is 6.15. The van der Waals surface area contributed by atoms with Gasteiger partial charge >= 0.3 is 6.18 Å². The molecule has 0 bridgehead atoms. The van der Waals surface area contributed by atoms with Crippen LogP contribution in [0, 0.1) is 6.92 Å². The highest BCUT2D eigenvalue weighted by atomic mass is 19.4. The molecule has 1 aromatic carbocycles. The third kappa shape index (κ3) is 4.53. The summed E-state index contributed by atoms with van der Waals surface area (Å²) in [6.07, 6.45) is -3.37. The van der Waals surface area contributed by atoms with Gasteiger partial charge in [-0.15, -0.1) is 0 Å². The summed E-state index contributed by atoms with van der Waals surface area (Å²) in [5, 5.41) is 2.98. The van der Waals surface area contributed by atoms with Crippen LogP contribution < -0.4 is 5.32 Å². The minimum atomic E-state index is -4.14. The summed E-state index contributed by atoms with van der Waals surface area (Å²) in [5.41, 5.74) is 2.12. The van der Waals surface area contributed by atoms with Crippen molar-refractivity contribution in [3.8, 4) is 0 Å². The zero-order valence-corrected chi connectivity index (χ0v) is 10.9. The van der Waals surface area contributed by atoms with Crippen LogP contribution in [0.25, 0.3) is 0 Å². The largest absolute Gasteiger partial charge is 0.389 e. The molecule has 0 saturated carbocycles. The summed E-state index contributed by atoms with van der Waals surface area (Å²) in [7, 11) is 0. The van der Waals surface area contributed by atoms with E-state index >= 15 is 0 Å².